The van der Waals surface area contributed by atoms with E-state index in [-0.39, 0.29) is 0 Å². The minimum Gasteiger partial charge on any atom is -0.385 e. The average Bonchev–Trinajstić information content (AvgIpc) is 2.62. The molecule has 0 aliphatic carbocycles. The fourth-order valence-electron chi connectivity index (χ4n) is 3.29. The van der Waals surface area contributed by atoms with Crippen molar-refractivity contribution >= 4 is 0 Å². The van der Waals surface area contributed by atoms with E-state index in [2.05, 4.69) is 13.8 Å². The Bertz CT molecular complexity index is 233. The highest BCUT2D eigenvalue weighted by Crippen LogP contribution is 2.20. The monoisotopic (exact) mass is 358 g/mol. The largest absolute Gasteiger partial charge is 0.385 e. The molecule has 25 heavy (non-hydrogen) atoms. The Labute approximate surface area is 158 Å². The predicted octanol–water partition coefficient (Wildman–Crippen LogP) is 6.39. The molecule has 152 valence electrons. The van der Waals surface area contributed by atoms with Crippen LogP contribution in [0.3, 0.4) is 0 Å². The maximum Gasteiger partial charge on any atom is 0.0466 e. The Kier molecular flexibility index (Phi) is 21.8. The van der Waals surface area contributed by atoms with Gasteiger partial charge in [-0.2, -0.15) is 0 Å². The molecule has 0 fully saturated rings. The first-order chi connectivity index (χ1) is 12.3. The van der Waals surface area contributed by atoms with Gasteiger partial charge in [-0.05, 0) is 51.4 Å². The molecule has 0 amide bonds. The summed E-state index contributed by atoms with van der Waals surface area (Å²) in [7, 11) is 1.80. The molecule has 3 heteroatoms. The van der Waals surface area contributed by atoms with Gasteiger partial charge in [0.05, 0.1) is 0 Å². The van der Waals surface area contributed by atoms with E-state index < -0.39 is 0 Å². The first-order valence-electron chi connectivity index (χ1n) is 11.0. The molecule has 0 aromatic heterocycles. The van der Waals surface area contributed by atoms with E-state index >= 15 is 0 Å². The standard InChI is InChI=1S/C22H46O3/c1-4-6-7-8-9-11-20-25-21-14-17-22(16-13-18-23-3)15-10-12-19-24-5-2/h22H,4-21H2,1-3H3. The van der Waals surface area contributed by atoms with Crippen molar-refractivity contribution in [3.63, 3.8) is 0 Å². The number of hydrogen-bond donors (Lipinski definition) is 0. The van der Waals surface area contributed by atoms with Gasteiger partial charge >= 0.3 is 0 Å². The van der Waals surface area contributed by atoms with Crippen LogP contribution in [0.25, 0.3) is 0 Å². The van der Waals surface area contributed by atoms with E-state index in [4.69, 9.17) is 14.2 Å². The Hall–Kier alpha value is -0.120. The molecule has 0 heterocycles. The van der Waals surface area contributed by atoms with E-state index in [9.17, 15) is 0 Å². The summed E-state index contributed by atoms with van der Waals surface area (Å²) in [6.07, 6.45) is 16.8. The predicted molar refractivity (Wildman–Crippen MR) is 108 cm³/mol. The van der Waals surface area contributed by atoms with Crippen molar-refractivity contribution in [2.45, 2.75) is 97.3 Å². The molecule has 0 saturated heterocycles. The Morgan fingerprint density at radius 3 is 1.84 bits per heavy atom. The molecule has 0 aromatic rings. The molecule has 0 spiro atoms. The lowest BCUT2D eigenvalue weighted by molar-refractivity contribution is 0.119. The summed E-state index contributed by atoms with van der Waals surface area (Å²) in [6, 6.07) is 0. The number of hydrogen-bond acceptors (Lipinski definition) is 3. The van der Waals surface area contributed by atoms with Gasteiger partial charge in [0.25, 0.3) is 0 Å². The van der Waals surface area contributed by atoms with Crippen molar-refractivity contribution in [1.29, 1.82) is 0 Å². The third kappa shape index (κ3) is 20.0. The molecular weight excluding hydrogens is 312 g/mol. The van der Waals surface area contributed by atoms with Gasteiger partial charge in [0.15, 0.2) is 0 Å². The minimum atomic E-state index is 0.828. The van der Waals surface area contributed by atoms with Crippen LogP contribution in [0.15, 0.2) is 0 Å². The molecule has 0 aliphatic heterocycles. The maximum absolute atomic E-state index is 5.83. The Morgan fingerprint density at radius 2 is 1.12 bits per heavy atom. The lowest BCUT2D eigenvalue weighted by Gasteiger charge is -2.17. The zero-order valence-corrected chi connectivity index (χ0v) is 17.5. The second kappa shape index (κ2) is 21.9. The number of methoxy groups -OCH3 is 1. The highest BCUT2D eigenvalue weighted by atomic mass is 16.5. The summed E-state index contributed by atoms with van der Waals surface area (Å²) in [5.41, 5.74) is 0. The summed E-state index contributed by atoms with van der Waals surface area (Å²) in [5.74, 6) is 0.828. The van der Waals surface area contributed by atoms with Crippen molar-refractivity contribution in [2.75, 3.05) is 40.1 Å². The van der Waals surface area contributed by atoms with Crippen molar-refractivity contribution in [3.05, 3.63) is 0 Å². The number of ether oxygens (including phenoxy) is 3. The summed E-state index contributed by atoms with van der Waals surface area (Å²) in [5, 5.41) is 0. The SMILES string of the molecule is CCCCCCCCOCCCC(CCCCOCC)CCCOC. The molecule has 0 aromatic carbocycles. The molecule has 3 nitrogen and oxygen atoms in total. The van der Waals surface area contributed by atoms with E-state index in [1.54, 1.807) is 7.11 Å². The second-order valence-electron chi connectivity index (χ2n) is 7.22. The third-order valence-corrected chi connectivity index (χ3v) is 4.86. The van der Waals surface area contributed by atoms with Crippen LogP contribution >= 0.6 is 0 Å². The Morgan fingerprint density at radius 1 is 0.560 bits per heavy atom. The highest BCUT2D eigenvalue weighted by Gasteiger charge is 2.08. The van der Waals surface area contributed by atoms with Gasteiger partial charge < -0.3 is 14.2 Å². The van der Waals surface area contributed by atoms with Gasteiger partial charge in [0.2, 0.25) is 0 Å². The van der Waals surface area contributed by atoms with Crippen LogP contribution in [-0.4, -0.2) is 40.1 Å². The lowest BCUT2D eigenvalue weighted by atomic mass is 9.92. The van der Waals surface area contributed by atoms with E-state index in [0.717, 1.165) is 39.0 Å². The highest BCUT2D eigenvalue weighted by molar-refractivity contribution is 4.61. The summed E-state index contributed by atoms with van der Waals surface area (Å²) in [6.45, 7) is 8.88. The van der Waals surface area contributed by atoms with Crippen LogP contribution in [0.2, 0.25) is 0 Å². The summed E-state index contributed by atoms with van der Waals surface area (Å²) < 4.78 is 16.5. The van der Waals surface area contributed by atoms with Gasteiger partial charge in [-0.3, -0.25) is 0 Å². The molecule has 0 saturated carbocycles. The van der Waals surface area contributed by atoms with Crippen molar-refractivity contribution < 1.29 is 14.2 Å². The molecule has 0 bridgehead atoms. The average molecular weight is 359 g/mol. The minimum absolute atomic E-state index is 0.828. The van der Waals surface area contributed by atoms with Crippen LogP contribution in [0.5, 0.6) is 0 Å². The van der Waals surface area contributed by atoms with E-state index in [0.29, 0.717) is 0 Å². The summed E-state index contributed by atoms with van der Waals surface area (Å²) >= 11 is 0. The molecule has 1 unspecified atom stereocenters. The smallest absolute Gasteiger partial charge is 0.0466 e. The van der Waals surface area contributed by atoms with Crippen LogP contribution in [-0.2, 0) is 14.2 Å². The van der Waals surface area contributed by atoms with E-state index in [1.807, 2.05) is 0 Å². The summed E-state index contributed by atoms with van der Waals surface area (Å²) in [4.78, 5) is 0. The fraction of sp³-hybridized carbons (Fsp3) is 1.00. The van der Waals surface area contributed by atoms with Crippen LogP contribution in [0.4, 0.5) is 0 Å². The molecular formula is C22H46O3. The fourth-order valence-corrected chi connectivity index (χ4v) is 3.29. The molecule has 0 N–H and O–H groups in total. The normalized spacial score (nSPS) is 12.6. The maximum atomic E-state index is 5.83. The first kappa shape index (κ1) is 24.9. The van der Waals surface area contributed by atoms with Gasteiger partial charge in [0.1, 0.15) is 0 Å². The molecule has 0 radical (unpaired) electrons. The zero-order chi connectivity index (χ0) is 18.4. The van der Waals surface area contributed by atoms with E-state index in [1.165, 1.54) is 83.5 Å². The number of rotatable bonds is 21. The lowest BCUT2D eigenvalue weighted by Crippen LogP contribution is -2.06. The number of unbranched alkanes of at least 4 members (excludes halogenated alkanes) is 6. The van der Waals surface area contributed by atoms with Crippen molar-refractivity contribution in [2.24, 2.45) is 5.92 Å². The zero-order valence-electron chi connectivity index (χ0n) is 17.5. The van der Waals surface area contributed by atoms with Crippen LogP contribution < -0.4 is 0 Å². The van der Waals surface area contributed by atoms with Crippen molar-refractivity contribution in [1.82, 2.24) is 0 Å². The van der Waals surface area contributed by atoms with Gasteiger partial charge in [-0.1, -0.05) is 51.9 Å². The molecule has 0 rings (SSSR count). The van der Waals surface area contributed by atoms with Gasteiger partial charge in [-0.15, -0.1) is 0 Å². The first-order valence-corrected chi connectivity index (χ1v) is 11.0. The van der Waals surface area contributed by atoms with Crippen LogP contribution in [0, 0.1) is 5.92 Å². The van der Waals surface area contributed by atoms with Crippen LogP contribution in [0.1, 0.15) is 97.3 Å². The second-order valence-corrected chi connectivity index (χ2v) is 7.22. The topological polar surface area (TPSA) is 27.7 Å². The van der Waals surface area contributed by atoms with Crippen molar-refractivity contribution in [3.8, 4) is 0 Å². The van der Waals surface area contributed by atoms with Gasteiger partial charge in [-0.25, -0.2) is 0 Å². The van der Waals surface area contributed by atoms with Gasteiger partial charge in [0, 0.05) is 40.1 Å². The Balaban J connectivity index is 3.57. The quantitative estimate of drug-likeness (QED) is 0.222. The molecule has 1 atom stereocenters. The third-order valence-electron chi connectivity index (χ3n) is 4.86. The molecule has 0 aliphatic rings.